The monoisotopic (exact) mass is 319 g/mol. The molecule has 0 N–H and O–H groups in total. The zero-order chi connectivity index (χ0) is 15.1. The quantitative estimate of drug-likeness (QED) is 0.563. The van der Waals surface area contributed by atoms with E-state index >= 15 is 0 Å². The van der Waals surface area contributed by atoms with Crippen LogP contribution in [0.2, 0.25) is 0 Å². The minimum absolute atomic E-state index is 0.0272. The maximum atomic E-state index is 13.0. The Morgan fingerprint density at radius 2 is 1.75 bits per heavy atom. The summed E-state index contributed by atoms with van der Waals surface area (Å²) >= 11 is 5.32. The first-order chi connectivity index (χ1) is 9.12. The highest BCUT2D eigenvalue weighted by Gasteiger charge is 2.51. The molecule has 2 aliphatic rings. The third-order valence-corrected chi connectivity index (χ3v) is 4.63. The first kappa shape index (κ1) is 15.8. The number of carbonyl (C=O) groups is 1. The molecule has 20 heavy (non-hydrogen) atoms. The summed E-state index contributed by atoms with van der Waals surface area (Å²) in [5.41, 5.74) is 0. The van der Waals surface area contributed by atoms with Gasteiger partial charge in [0, 0.05) is 25.4 Å². The summed E-state index contributed by atoms with van der Waals surface area (Å²) in [4.78, 5) is 13.3. The summed E-state index contributed by atoms with van der Waals surface area (Å²) in [6.07, 6.45) is -4.99. The van der Waals surface area contributed by atoms with Gasteiger partial charge in [0.15, 0.2) is 0 Å². The second-order valence-electron chi connectivity index (χ2n) is 5.46. The maximum absolute atomic E-state index is 13.0. The fraction of sp³-hybridized carbons (Fsp3) is 0.917. The van der Waals surface area contributed by atoms with Gasteiger partial charge in [-0.3, -0.25) is 4.79 Å². The van der Waals surface area contributed by atoms with Gasteiger partial charge in [-0.15, -0.1) is 11.6 Å². The van der Waals surface area contributed by atoms with Crippen LogP contribution in [0.1, 0.15) is 32.1 Å². The zero-order valence-electron chi connectivity index (χ0n) is 10.6. The number of carbonyl (C=O) groups excluding carboxylic acids is 1. The van der Waals surface area contributed by atoms with Crippen molar-refractivity contribution in [1.29, 1.82) is 0 Å². The number of nitrogens with zero attached hydrogens (tertiary/aromatic N) is 1. The average molecular weight is 320 g/mol. The Kier molecular flexibility index (Phi) is 4.19. The van der Waals surface area contributed by atoms with Crippen molar-refractivity contribution in [3.8, 4) is 0 Å². The minimum Gasteiger partial charge on any atom is -0.339 e. The van der Waals surface area contributed by atoms with Gasteiger partial charge in [-0.2, -0.15) is 13.2 Å². The Morgan fingerprint density at radius 1 is 1.20 bits per heavy atom. The van der Waals surface area contributed by atoms with Crippen LogP contribution >= 0.6 is 11.6 Å². The van der Waals surface area contributed by atoms with Gasteiger partial charge in [0.25, 0.3) is 0 Å². The van der Waals surface area contributed by atoms with Crippen molar-refractivity contribution in [2.45, 2.75) is 55.6 Å². The molecule has 2 rings (SSSR count). The fourth-order valence-corrected chi connectivity index (χ4v) is 3.16. The van der Waals surface area contributed by atoms with Gasteiger partial charge in [-0.25, -0.2) is 8.78 Å². The lowest BCUT2D eigenvalue weighted by Gasteiger charge is -2.34. The molecule has 1 saturated carbocycles. The van der Waals surface area contributed by atoms with E-state index in [0.717, 1.165) is 0 Å². The fourth-order valence-electron chi connectivity index (χ4n) is 2.92. The predicted molar refractivity (Wildman–Crippen MR) is 62.7 cm³/mol. The summed E-state index contributed by atoms with van der Waals surface area (Å²) in [5.74, 6) is -4.67. The minimum atomic E-state index is -4.63. The zero-order valence-corrected chi connectivity index (χ0v) is 11.4. The lowest BCUT2D eigenvalue weighted by atomic mass is 9.91. The van der Waals surface area contributed by atoms with E-state index < -0.39 is 29.3 Å². The molecule has 0 radical (unpaired) electrons. The number of alkyl halides is 6. The van der Waals surface area contributed by atoms with E-state index in [2.05, 4.69) is 0 Å². The SMILES string of the molecule is O=C1C(C(Cl)C(F)(F)F)CCN1C1CCC(F)(F)CC1. The molecule has 1 heterocycles. The third-order valence-electron chi connectivity index (χ3n) is 4.07. The first-order valence-corrected chi connectivity index (χ1v) is 6.94. The molecule has 0 spiro atoms. The number of rotatable bonds is 2. The van der Waals surface area contributed by atoms with E-state index in [1.165, 1.54) is 4.90 Å². The highest BCUT2D eigenvalue weighted by molar-refractivity contribution is 6.22. The van der Waals surface area contributed by atoms with Crippen molar-refractivity contribution in [2.75, 3.05) is 6.54 Å². The molecule has 1 saturated heterocycles. The molecule has 0 aromatic carbocycles. The van der Waals surface area contributed by atoms with Gasteiger partial charge in [0.05, 0.1) is 5.92 Å². The molecule has 2 nitrogen and oxygen atoms in total. The number of amides is 1. The Labute approximate surface area is 118 Å². The molecule has 0 aromatic rings. The van der Waals surface area contributed by atoms with Crippen LogP contribution in [0.5, 0.6) is 0 Å². The van der Waals surface area contributed by atoms with E-state index in [4.69, 9.17) is 11.6 Å². The Hall–Kier alpha value is -0.590. The van der Waals surface area contributed by atoms with E-state index in [1.54, 1.807) is 0 Å². The second-order valence-corrected chi connectivity index (χ2v) is 5.93. The molecule has 1 aliphatic heterocycles. The molecule has 0 aromatic heterocycles. The number of hydrogen-bond donors (Lipinski definition) is 0. The van der Waals surface area contributed by atoms with E-state index in [9.17, 15) is 26.7 Å². The largest absolute Gasteiger partial charge is 0.405 e. The Bertz CT molecular complexity index is 377. The van der Waals surface area contributed by atoms with Crippen LogP contribution in [-0.4, -0.2) is 40.9 Å². The lowest BCUT2D eigenvalue weighted by Crippen LogP contribution is -2.44. The normalized spacial score (nSPS) is 29.8. The lowest BCUT2D eigenvalue weighted by molar-refractivity contribution is -0.153. The molecule has 8 heteroatoms. The molecule has 2 fully saturated rings. The average Bonchev–Trinajstić information content (AvgIpc) is 2.69. The summed E-state index contributed by atoms with van der Waals surface area (Å²) in [6, 6.07) is -0.385. The van der Waals surface area contributed by atoms with Crippen LogP contribution < -0.4 is 0 Å². The summed E-state index contributed by atoms with van der Waals surface area (Å²) in [6.45, 7) is 0.166. The molecule has 2 atom stereocenters. The van der Waals surface area contributed by atoms with Gasteiger partial charge < -0.3 is 4.90 Å². The molecule has 2 unspecified atom stereocenters. The van der Waals surface area contributed by atoms with Crippen LogP contribution in [0.15, 0.2) is 0 Å². The predicted octanol–water partition coefficient (Wildman–Crippen LogP) is 3.58. The van der Waals surface area contributed by atoms with Gasteiger partial charge in [-0.1, -0.05) is 0 Å². The van der Waals surface area contributed by atoms with Crippen molar-refractivity contribution in [2.24, 2.45) is 5.92 Å². The van der Waals surface area contributed by atoms with Crippen LogP contribution in [0.25, 0.3) is 0 Å². The molecular formula is C12H15ClF5NO. The topological polar surface area (TPSA) is 20.3 Å². The van der Waals surface area contributed by atoms with Crippen molar-refractivity contribution in [3.63, 3.8) is 0 Å². The van der Waals surface area contributed by atoms with Crippen LogP contribution in [0, 0.1) is 5.92 Å². The second kappa shape index (κ2) is 5.31. The van der Waals surface area contributed by atoms with Gasteiger partial charge in [0.2, 0.25) is 11.8 Å². The molecule has 0 bridgehead atoms. The van der Waals surface area contributed by atoms with Crippen LogP contribution in [0.3, 0.4) is 0 Å². The highest BCUT2D eigenvalue weighted by Crippen LogP contribution is 2.40. The van der Waals surface area contributed by atoms with Crippen molar-refractivity contribution in [3.05, 3.63) is 0 Å². The van der Waals surface area contributed by atoms with E-state index in [1.807, 2.05) is 0 Å². The number of halogens is 6. The maximum Gasteiger partial charge on any atom is 0.405 e. The van der Waals surface area contributed by atoms with Gasteiger partial charge in [-0.05, 0) is 19.3 Å². The Balaban J connectivity index is 1.98. The van der Waals surface area contributed by atoms with Crippen LogP contribution in [-0.2, 0) is 4.79 Å². The summed E-state index contributed by atoms with van der Waals surface area (Å²) in [7, 11) is 0. The van der Waals surface area contributed by atoms with Crippen molar-refractivity contribution < 1.29 is 26.7 Å². The van der Waals surface area contributed by atoms with E-state index in [0.29, 0.717) is 0 Å². The van der Waals surface area contributed by atoms with Crippen LogP contribution in [0.4, 0.5) is 22.0 Å². The molecule has 1 amide bonds. The first-order valence-electron chi connectivity index (χ1n) is 6.51. The third kappa shape index (κ3) is 3.18. The Morgan fingerprint density at radius 3 is 2.25 bits per heavy atom. The summed E-state index contributed by atoms with van der Waals surface area (Å²) in [5, 5.41) is -2.20. The highest BCUT2D eigenvalue weighted by atomic mass is 35.5. The van der Waals surface area contributed by atoms with Crippen molar-refractivity contribution >= 4 is 17.5 Å². The molecular weight excluding hydrogens is 305 g/mol. The smallest absolute Gasteiger partial charge is 0.339 e. The molecule has 1 aliphatic carbocycles. The molecule has 116 valence electrons. The van der Waals surface area contributed by atoms with Gasteiger partial charge >= 0.3 is 6.18 Å². The van der Waals surface area contributed by atoms with E-state index in [-0.39, 0.29) is 44.7 Å². The summed E-state index contributed by atoms with van der Waals surface area (Å²) < 4.78 is 63.7. The number of likely N-dealkylation sites (tertiary alicyclic amines) is 1. The standard InChI is InChI=1S/C12H15ClF5NO/c13-9(12(16,17)18)8-3-6-19(10(8)20)7-1-4-11(14,15)5-2-7/h7-9H,1-6H2. The van der Waals surface area contributed by atoms with Crippen molar-refractivity contribution in [1.82, 2.24) is 4.90 Å². The van der Waals surface area contributed by atoms with Gasteiger partial charge in [0.1, 0.15) is 5.38 Å². The number of hydrogen-bond acceptors (Lipinski definition) is 1.